The molecule has 1 rings (SSSR count). The fourth-order valence-electron chi connectivity index (χ4n) is 1.61. The first-order valence-electron chi connectivity index (χ1n) is 6.60. The van der Waals surface area contributed by atoms with Gasteiger partial charge in [0.25, 0.3) is 0 Å². The van der Waals surface area contributed by atoms with Crippen molar-refractivity contribution in [1.82, 2.24) is 5.32 Å². The summed E-state index contributed by atoms with van der Waals surface area (Å²) in [7, 11) is 1.67. The van der Waals surface area contributed by atoms with Crippen LogP contribution in [0.3, 0.4) is 0 Å². The van der Waals surface area contributed by atoms with Crippen LogP contribution in [-0.2, 0) is 6.54 Å². The number of ether oxygens (including phenoxy) is 2. The number of methoxy groups -OCH3 is 1. The molecule has 3 heteroatoms. The van der Waals surface area contributed by atoms with Crippen LogP contribution in [0.25, 0.3) is 0 Å². The molecule has 0 saturated heterocycles. The fourth-order valence-corrected chi connectivity index (χ4v) is 1.61. The lowest BCUT2D eigenvalue weighted by molar-refractivity contribution is 0.321. The third kappa shape index (κ3) is 5.67. The zero-order chi connectivity index (χ0) is 14.1. The van der Waals surface area contributed by atoms with E-state index >= 15 is 0 Å². The van der Waals surface area contributed by atoms with Crippen molar-refractivity contribution in [3.8, 4) is 23.3 Å². The minimum Gasteiger partial charge on any atom is -0.497 e. The third-order valence-corrected chi connectivity index (χ3v) is 2.63. The summed E-state index contributed by atoms with van der Waals surface area (Å²) in [5, 5.41) is 3.39. The van der Waals surface area contributed by atoms with Crippen molar-refractivity contribution in [3.05, 3.63) is 23.8 Å². The second-order valence-corrected chi connectivity index (χ2v) is 4.53. The average Bonchev–Trinajstić information content (AvgIpc) is 2.42. The first-order chi connectivity index (χ1) is 9.17. The minimum atomic E-state index is 0.435. The normalized spacial score (nSPS) is 9.95. The van der Waals surface area contributed by atoms with E-state index in [0.717, 1.165) is 30.0 Å². The summed E-state index contributed by atoms with van der Waals surface area (Å²) in [5.74, 6) is 7.60. The third-order valence-electron chi connectivity index (χ3n) is 2.63. The zero-order valence-corrected chi connectivity index (χ0v) is 12.2. The van der Waals surface area contributed by atoms with Gasteiger partial charge >= 0.3 is 0 Å². The molecule has 0 aliphatic carbocycles. The molecule has 19 heavy (non-hydrogen) atoms. The molecule has 0 bridgehead atoms. The van der Waals surface area contributed by atoms with Crippen LogP contribution < -0.4 is 14.8 Å². The largest absolute Gasteiger partial charge is 0.497 e. The van der Waals surface area contributed by atoms with Crippen molar-refractivity contribution in [3.63, 3.8) is 0 Å². The van der Waals surface area contributed by atoms with Crippen molar-refractivity contribution >= 4 is 0 Å². The number of benzene rings is 1. The molecule has 0 aromatic heterocycles. The molecule has 3 nitrogen and oxygen atoms in total. The molecule has 0 unspecified atom stereocenters. The van der Waals surface area contributed by atoms with E-state index in [1.807, 2.05) is 25.1 Å². The highest BCUT2D eigenvalue weighted by Crippen LogP contribution is 2.24. The summed E-state index contributed by atoms with van der Waals surface area (Å²) in [6.07, 6.45) is 0.750. The molecule has 1 aromatic rings. The Balaban J connectivity index is 2.72. The van der Waals surface area contributed by atoms with E-state index in [-0.39, 0.29) is 0 Å². The van der Waals surface area contributed by atoms with Crippen LogP contribution in [0.15, 0.2) is 18.2 Å². The smallest absolute Gasteiger partial charge is 0.124 e. The van der Waals surface area contributed by atoms with E-state index < -0.39 is 0 Å². The average molecular weight is 261 g/mol. The van der Waals surface area contributed by atoms with Gasteiger partial charge in [0.15, 0.2) is 0 Å². The molecule has 104 valence electrons. The van der Waals surface area contributed by atoms with Gasteiger partial charge in [-0.05, 0) is 25.1 Å². The summed E-state index contributed by atoms with van der Waals surface area (Å²) >= 11 is 0. The van der Waals surface area contributed by atoms with Gasteiger partial charge in [-0.15, -0.1) is 11.8 Å². The van der Waals surface area contributed by atoms with E-state index in [9.17, 15) is 0 Å². The van der Waals surface area contributed by atoms with Gasteiger partial charge in [0.2, 0.25) is 0 Å². The maximum atomic E-state index is 5.77. The van der Waals surface area contributed by atoms with Crippen molar-refractivity contribution in [2.24, 2.45) is 0 Å². The predicted octanol–water partition coefficient (Wildman–Crippen LogP) is 2.99. The minimum absolute atomic E-state index is 0.435. The van der Waals surface area contributed by atoms with Crippen LogP contribution >= 0.6 is 0 Å². The monoisotopic (exact) mass is 261 g/mol. The summed E-state index contributed by atoms with van der Waals surface area (Å²) in [6, 6.07) is 6.32. The van der Waals surface area contributed by atoms with Crippen LogP contribution in [0.5, 0.6) is 11.5 Å². The van der Waals surface area contributed by atoms with Crippen LogP contribution in [0.4, 0.5) is 0 Å². The number of hydrogen-bond acceptors (Lipinski definition) is 3. The molecular formula is C16H23NO2. The van der Waals surface area contributed by atoms with Crippen LogP contribution in [0.2, 0.25) is 0 Å². The Bertz CT molecular complexity index is 444. The molecule has 0 atom stereocenters. The quantitative estimate of drug-likeness (QED) is 0.604. The second-order valence-electron chi connectivity index (χ2n) is 4.53. The molecule has 0 amide bonds. The molecule has 0 spiro atoms. The Morgan fingerprint density at radius 2 is 2.11 bits per heavy atom. The van der Waals surface area contributed by atoms with Gasteiger partial charge in [0, 0.05) is 24.6 Å². The lowest BCUT2D eigenvalue weighted by Gasteiger charge is -2.14. The summed E-state index contributed by atoms with van der Waals surface area (Å²) in [6.45, 7) is 7.46. The second kappa shape index (κ2) is 8.44. The SMILES string of the molecule is CC#CCCOc1ccc(OC)cc1CNC(C)C. The Kier molecular flexibility index (Phi) is 6.84. The summed E-state index contributed by atoms with van der Waals surface area (Å²) < 4.78 is 11.0. The van der Waals surface area contributed by atoms with E-state index in [1.54, 1.807) is 7.11 Å². The summed E-state index contributed by atoms with van der Waals surface area (Å²) in [5.41, 5.74) is 1.11. The van der Waals surface area contributed by atoms with Crippen molar-refractivity contribution < 1.29 is 9.47 Å². The van der Waals surface area contributed by atoms with Crippen LogP contribution in [-0.4, -0.2) is 19.8 Å². The fraction of sp³-hybridized carbons (Fsp3) is 0.500. The molecule has 0 aliphatic rings. The zero-order valence-electron chi connectivity index (χ0n) is 12.2. The Labute approximate surface area is 116 Å². The Hall–Kier alpha value is -1.66. The first-order valence-corrected chi connectivity index (χ1v) is 6.60. The number of hydrogen-bond donors (Lipinski definition) is 1. The standard InChI is InChI=1S/C16H23NO2/c1-5-6-7-10-19-16-9-8-15(18-4)11-14(16)12-17-13(2)3/h8-9,11,13,17H,7,10,12H2,1-4H3. The van der Waals surface area contributed by atoms with E-state index in [1.165, 1.54) is 0 Å². The molecule has 0 saturated carbocycles. The molecule has 1 aromatic carbocycles. The van der Waals surface area contributed by atoms with Crippen molar-refractivity contribution in [2.45, 2.75) is 39.8 Å². The van der Waals surface area contributed by atoms with Crippen molar-refractivity contribution in [2.75, 3.05) is 13.7 Å². The van der Waals surface area contributed by atoms with Gasteiger partial charge in [0.1, 0.15) is 11.5 Å². The first kappa shape index (κ1) is 15.4. The number of rotatable bonds is 7. The van der Waals surface area contributed by atoms with Crippen molar-refractivity contribution in [1.29, 1.82) is 0 Å². The maximum absolute atomic E-state index is 5.77. The molecule has 1 N–H and O–H groups in total. The highest BCUT2D eigenvalue weighted by atomic mass is 16.5. The van der Waals surface area contributed by atoms with E-state index in [0.29, 0.717) is 12.6 Å². The lowest BCUT2D eigenvalue weighted by Crippen LogP contribution is -2.22. The highest BCUT2D eigenvalue weighted by Gasteiger charge is 2.06. The Morgan fingerprint density at radius 1 is 1.32 bits per heavy atom. The van der Waals surface area contributed by atoms with Crippen LogP contribution in [0, 0.1) is 11.8 Å². The number of nitrogens with one attached hydrogen (secondary N) is 1. The van der Waals surface area contributed by atoms with E-state index in [2.05, 4.69) is 31.0 Å². The molecule has 0 aliphatic heterocycles. The van der Waals surface area contributed by atoms with Crippen LogP contribution in [0.1, 0.15) is 32.8 Å². The molecular weight excluding hydrogens is 238 g/mol. The van der Waals surface area contributed by atoms with Gasteiger partial charge in [-0.2, -0.15) is 0 Å². The topological polar surface area (TPSA) is 30.5 Å². The van der Waals surface area contributed by atoms with Gasteiger partial charge in [-0.25, -0.2) is 0 Å². The van der Waals surface area contributed by atoms with Gasteiger partial charge in [-0.1, -0.05) is 13.8 Å². The summed E-state index contributed by atoms with van der Waals surface area (Å²) in [4.78, 5) is 0. The highest BCUT2D eigenvalue weighted by molar-refractivity contribution is 5.40. The predicted molar refractivity (Wildman–Crippen MR) is 78.5 cm³/mol. The lowest BCUT2D eigenvalue weighted by atomic mass is 10.1. The van der Waals surface area contributed by atoms with Gasteiger partial charge < -0.3 is 14.8 Å². The van der Waals surface area contributed by atoms with Gasteiger partial charge in [-0.3, -0.25) is 0 Å². The maximum Gasteiger partial charge on any atom is 0.124 e. The molecule has 0 heterocycles. The van der Waals surface area contributed by atoms with E-state index in [4.69, 9.17) is 9.47 Å². The molecule has 0 fully saturated rings. The Morgan fingerprint density at radius 3 is 2.74 bits per heavy atom. The molecule has 0 radical (unpaired) electrons. The van der Waals surface area contributed by atoms with Gasteiger partial charge in [0.05, 0.1) is 13.7 Å².